The molecule has 9 heteroatoms. The maximum Gasteiger partial charge on any atom is 0.256 e. The summed E-state index contributed by atoms with van der Waals surface area (Å²) in [6.45, 7) is 5.64. The van der Waals surface area contributed by atoms with Crippen molar-refractivity contribution in [2.75, 3.05) is 50.0 Å². The van der Waals surface area contributed by atoms with Gasteiger partial charge in [0.25, 0.3) is 5.91 Å². The molecule has 0 radical (unpaired) electrons. The lowest BCUT2D eigenvalue weighted by molar-refractivity contribution is 0.0378. The van der Waals surface area contributed by atoms with Gasteiger partial charge in [-0.15, -0.1) is 0 Å². The molecular formula is C24H27N7O2. The van der Waals surface area contributed by atoms with E-state index < -0.39 is 0 Å². The second-order valence-corrected chi connectivity index (χ2v) is 8.04. The molecule has 170 valence electrons. The fourth-order valence-corrected chi connectivity index (χ4v) is 3.88. The third kappa shape index (κ3) is 5.21. The summed E-state index contributed by atoms with van der Waals surface area (Å²) in [5, 5.41) is 13.4. The number of nitrogens with one attached hydrogen (secondary N) is 4. The molecule has 1 aliphatic heterocycles. The third-order valence-electron chi connectivity index (χ3n) is 5.69. The topological polar surface area (TPSA) is 111 Å². The van der Waals surface area contributed by atoms with E-state index in [1.165, 1.54) is 0 Å². The van der Waals surface area contributed by atoms with Crippen LogP contribution in [0.2, 0.25) is 0 Å². The van der Waals surface area contributed by atoms with Crippen molar-refractivity contribution in [1.82, 2.24) is 25.1 Å². The van der Waals surface area contributed by atoms with E-state index >= 15 is 0 Å². The van der Waals surface area contributed by atoms with E-state index in [1.54, 1.807) is 6.07 Å². The number of para-hydroxylation sites is 2. The second kappa shape index (κ2) is 9.85. The summed E-state index contributed by atoms with van der Waals surface area (Å²) in [5.74, 6) is 0.908. The maximum absolute atomic E-state index is 12.6. The molecule has 2 aromatic carbocycles. The van der Waals surface area contributed by atoms with E-state index in [0.29, 0.717) is 22.9 Å². The average Bonchev–Trinajstić information content (AvgIpc) is 3.50. The van der Waals surface area contributed by atoms with Gasteiger partial charge in [-0.1, -0.05) is 12.1 Å². The van der Waals surface area contributed by atoms with Gasteiger partial charge >= 0.3 is 0 Å². The van der Waals surface area contributed by atoms with Gasteiger partial charge in [0.1, 0.15) is 5.69 Å². The minimum atomic E-state index is -0.212. The van der Waals surface area contributed by atoms with Gasteiger partial charge in [-0.3, -0.25) is 14.8 Å². The molecule has 1 saturated heterocycles. The number of rotatable bonds is 8. The van der Waals surface area contributed by atoms with Crippen LogP contribution in [0.15, 0.2) is 54.6 Å². The molecule has 0 saturated carbocycles. The van der Waals surface area contributed by atoms with Crippen molar-refractivity contribution in [3.05, 3.63) is 60.2 Å². The Hall–Kier alpha value is -3.69. The van der Waals surface area contributed by atoms with E-state index in [0.717, 1.165) is 62.5 Å². The molecule has 0 atom stereocenters. The molecule has 5 rings (SSSR count). The van der Waals surface area contributed by atoms with Gasteiger partial charge in [-0.2, -0.15) is 5.10 Å². The number of anilines is 2. The van der Waals surface area contributed by atoms with Crippen LogP contribution in [0.25, 0.3) is 22.6 Å². The van der Waals surface area contributed by atoms with Crippen LogP contribution in [-0.4, -0.2) is 70.4 Å². The van der Waals surface area contributed by atoms with E-state index in [1.807, 2.05) is 48.5 Å². The fraction of sp³-hybridized carbons (Fsp3) is 0.292. The molecule has 0 unspecified atom stereocenters. The summed E-state index contributed by atoms with van der Waals surface area (Å²) in [6.07, 6.45) is 1.06. The summed E-state index contributed by atoms with van der Waals surface area (Å²) >= 11 is 0. The van der Waals surface area contributed by atoms with Crippen molar-refractivity contribution in [2.45, 2.75) is 6.42 Å². The zero-order valence-corrected chi connectivity index (χ0v) is 18.3. The van der Waals surface area contributed by atoms with Crippen molar-refractivity contribution < 1.29 is 9.53 Å². The van der Waals surface area contributed by atoms with Gasteiger partial charge in [0.15, 0.2) is 11.6 Å². The first-order valence-corrected chi connectivity index (χ1v) is 11.2. The second-order valence-electron chi connectivity index (χ2n) is 8.04. The first-order valence-electron chi connectivity index (χ1n) is 11.2. The van der Waals surface area contributed by atoms with Gasteiger partial charge in [0, 0.05) is 37.0 Å². The highest BCUT2D eigenvalue weighted by molar-refractivity contribution is 6.04. The van der Waals surface area contributed by atoms with Gasteiger partial charge in [-0.05, 0) is 49.4 Å². The minimum Gasteiger partial charge on any atom is -0.385 e. The van der Waals surface area contributed by atoms with Crippen LogP contribution in [0, 0.1) is 0 Å². The quantitative estimate of drug-likeness (QED) is 0.310. The summed E-state index contributed by atoms with van der Waals surface area (Å²) < 4.78 is 5.38. The predicted molar refractivity (Wildman–Crippen MR) is 128 cm³/mol. The normalized spacial score (nSPS) is 14.4. The lowest BCUT2D eigenvalue weighted by atomic mass is 10.2. The first kappa shape index (κ1) is 21.2. The number of H-pyrrole nitrogens is 2. The molecule has 2 aromatic heterocycles. The Balaban J connectivity index is 1.12. The average molecular weight is 446 g/mol. The Morgan fingerprint density at radius 2 is 1.91 bits per heavy atom. The van der Waals surface area contributed by atoms with Crippen molar-refractivity contribution in [3.8, 4) is 11.5 Å². The van der Waals surface area contributed by atoms with Crippen LogP contribution in [0.1, 0.15) is 16.8 Å². The monoisotopic (exact) mass is 445 g/mol. The molecule has 0 aliphatic carbocycles. The Bertz CT molecular complexity index is 1180. The van der Waals surface area contributed by atoms with Gasteiger partial charge in [0.05, 0.1) is 24.2 Å². The summed E-state index contributed by atoms with van der Waals surface area (Å²) in [4.78, 5) is 22.8. The molecule has 1 fully saturated rings. The molecule has 4 aromatic rings. The molecule has 4 N–H and O–H groups in total. The van der Waals surface area contributed by atoms with Crippen LogP contribution in [0.5, 0.6) is 0 Å². The molecule has 3 heterocycles. The molecule has 0 spiro atoms. The molecule has 0 bridgehead atoms. The van der Waals surface area contributed by atoms with Crippen LogP contribution in [0.3, 0.4) is 0 Å². The third-order valence-corrected chi connectivity index (χ3v) is 5.69. The molecular weight excluding hydrogens is 418 g/mol. The lowest BCUT2D eigenvalue weighted by Crippen LogP contribution is -2.37. The number of morpholine rings is 1. The Labute approximate surface area is 191 Å². The summed E-state index contributed by atoms with van der Waals surface area (Å²) in [6, 6.07) is 17.0. The number of benzene rings is 2. The summed E-state index contributed by atoms with van der Waals surface area (Å²) in [7, 11) is 0. The molecule has 1 aliphatic rings. The van der Waals surface area contributed by atoms with Gasteiger partial charge in [0.2, 0.25) is 0 Å². The molecule has 1 amide bonds. The lowest BCUT2D eigenvalue weighted by Gasteiger charge is -2.26. The molecule has 33 heavy (non-hydrogen) atoms. The zero-order valence-electron chi connectivity index (χ0n) is 18.3. The number of carbonyl (C=O) groups excluding carboxylic acids is 1. The number of fused-ring (bicyclic) bond motifs is 1. The summed E-state index contributed by atoms with van der Waals surface area (Å²) in [5.41, 5.74) is 4.10. The highest BCUT2D eigenvalue weighted by Gasteiger charge is 2.12. The Morgan fingerprint density at radius 1 is 1.09 bits per heavy atom. The van der Waals surface area contributed by atoms with Crippen molar-refractivity contribution >= 4 is 28.4 Å². The SMILES string of the molecule is O=C(Nc1cc(-c2nc3ccccc3[nH]2)[nH]n1)c1ccc(NCCCN2CCOCC2)cc1. The number of hydrogen-bond donors (Lipinski definition) is 4. The van der Waals surface area contributed by atoms with Gasteiger partial charge in [-0.25, -0.2) is 4.98 Å². The van der Waals surface area contributed by atoms with Crippen molar-refractivity contribution in [1.29, 1.82) is 0 Å². The van der Waals surface area contributed by atoms with Crippen LogP contribution < -0.4 is 10.6 Å². The number of carbonyl (C=O) groups is 1. The van der Waals surface area contributed by atoms with Crippen molar-refractivity contribution in [2.24, 2.45) is 0 Å². The highest BCUT2D eigenvalue weighted by atomic mass is 16.5. The largest absolute Gasteiger partial charge is 0.385 e. The number of imidazole rings is 1. The minimum absolute atomic E-state index is 0.212. The van der Waals surface area contributed by atoms with E-state index in [9.17, 15) is 4.79 Å². The van der Waals surface area contributed by atoms with Crippen LogP contribution in [0.4, 0.5) is 11.5 Å². The number of amides is 1. The highest BCUT2D eigenvalue weighted by Crippen LogP contribution is 2.21. The predicted octanol–water partition coefficient (Wildman–Crippen LogP) is 3.34. The standard InChI is InChI=1S/C24H27N7O2/c32-24(17-6-8-18(9-7-17)25-10-3-11-31-12-14-33-15-13-31)28-22-16-21(29-30-22)23-26-19-4-1-2-5-20(19)27-23/h1-2,4-9,16,25H,3,10-15H2,(H,26,27)(H2,28,29,30,32). The van der Waals surface area contributed by atoms with Gasteiger partial charge < -0.3 is 20.4 Å². The number of aromatic amines is 2. The van der Waals surface area contributed by atoms with E-state index in [-0.39, 0.29) is 5.91 Å². The van der Waals surface area contributed by atoms with E-state index in [2.05, 4.69) is 35.7 Å². The Kier molecular flexibility index (Phi) is 6.32. The zero-order chi connectivity index (χ0) is 22.5. The number of nitrogens with zero attached hydrogens (tertiary/aromatic N) is 3. The van der Waals surface area contributed by atoms with Crippen LogP contribution in [-0.2, 0) is 4.74 Å². The first-order chi connectivity index (χ1) is 16.2. The number of ether oxygens (including phenoxy) is 1. The number of aromatic nitrogens is 4. The maximum atomic E-state index is 12.6. The van der Waals surface area contributed by atoms with E-state index in [4.69, 9.17) is 4.74 Å². The van der Waals surface area contributed by atoms with Crippen molar-refractivity contribution in [3.63, 3.8) is 0 Å². The number of hydrogen-bond acceptors (Lipinski definition) is 6. The fourth-order valence-electron chi connectivity index (χ4n) is 3.88. The Morgan fingerprint density at radius 3 is 2.73 bits per heavy atom. The molecule has 9 nitrogen and oxygen atoms in total. The smallest absolute Gasteiger partial charge is 0.256 e. The van der Waals surface area contributed by atoms with Crippen LogP contribution >= 0.6 is 0 Å².